The van der Waals surface area contributed by atoms with E-state index >= 15 is 0 Å². The molecule has 0 bridgehead atoms. The van der Waals surface area contributed by atoms with Gasteiger partial charge >= 0.3 is 0 Å². The first-order chi connectivity index (χ1) is 9.72. The quantitative estimate of drug-likeness (QED) is 0.802. The molecule has 0 amide bonds. The average Bonchev–Trinajstić information content (AvgIpc) is 2.48. The van der Waals surface area contributed by atoms with Gasteiger partial charge in [0.2, 0.25) is 0 Å². The van der Waals surface area contributed by atoms with E-state index in [0.717, 1.165) is 50.3 Å². The zero-order valence-corrected chi connectivity index (χ0v) is 12.6. The second-order valence-electron chi connectivity index (χ2n) is 5.45. The van der Waals surface area contributed by atoms with Crippen molar-refractivity contribution in [3.63, 3.8) is 0 Å². The van der Waals surface area contributed by atoms with Crippen molar-refractivity contribution < 1.29 is 4.74 Å². The molecule has 1 aromatic heterocycles. The smallest absolute Gasteiger partial charge is 0.0784 e. The van der Waals surface area contributed by atoms with E-state index in [0.29, 0.717) is 18.7 Å². The van der Waals surface area contributed by atoms with Crippen molar-refractivity contribution >= 4 is 0 Å². The van der Waals surface area contributed by atoms with Gasteiger partial charge in [-0.2, -0.15) is 0 Å². The fraction of sp³-hybridized carbons (Fsp3) is 0.733. The molecule has 20 heavy (non-hydrogen) atoms. The Balaban J connectivity index is 1.83. The molecule has 2 rings (SSSR count). The maximum Gasteiger partial charge on any atom is 0.0784 e. The lowest BCUT2D eigenvalue weighted by Gasteiger charge is -2.35. The lowest BCUT2D eigenvalue weighted by atomic mass is 10.0. The second-order valence-corrected chi connectivity index (χ2v) is 5.45. The monoisotopic (exact) mass is 278 g/mol. The van der Waals surface area contributed by atoms with Crippen LogP contribution in [-0.2, 0) is 4.74 Å². The molecule has 1 fully saturated rings. The van der Waals surface area contributed by atoms with Gasteiger partial charge in [0.1, 0.15) is 0 Å². The maximum absolute atomic E-state index is 5.85. The van der Waals surface area contributed by atoms with Crippen LogP contribution < -0.4 is 5.73 Å². The number of nitrogens with two attached hydrogens (primary N) is 1. The molecule has 5 heteroatoms. The number of ether oxygens (including phenoxy) is 1. The van der Waals surface area contributed by atoms with Crippen LogP contribution in [0.25, 0.3) is 0 Å². The summed E-state index contributed by atoms with van der Waals surface area (Å²) in [4.78, 5) is 11.3. The Bertz CT molecular complexity index is 405. The van der Waals surface area contributed by atoms with Crippen LogP contribution in [0.15, 0.2) is 12.4 Å². The van der Waals surface area contributed by atoms with Crippen LogP contribution in [0, 0.1) is 6.92 Å². The van der Waals surface area contributed by atoms with Crippen LogP contribution in [0.1, 0.15) is 43.6 Å². The minimum Gasteiger partial charge on any atom is -0.378 e. The Labute approximate surface area is 121 Å². The summed E-state index contributed by atoms with van der Waals surface area (Å²) in [5, 5.41) is 0. The van der Waals surface area contributed by atoms with Gasteiger partial charge in [-0.05, 0) is 39.7 Å². The molecule has 1 unspecified atom stereocenters. The first-order valence-electron chi connectivity index (χ1n) is 7.55. The highest BCUT2D eigenvalue weighted by Gasteiger charge is 2.25. The van der Waals surface area contributed by atoms with E-state index in [1.165, 1.54) is 0 Å². The van der Waals surface area contributed by atoms with E-state index in [4.69, 9.17) is 10.5 Å². The van der Waals surface area contributed by atoms with Gasteiger partial charge in [0, 0.05) is 32.1 Å². The summed E-state index contributed by atoms with van der Waals surface area (Å²) >= 11 is 0. The van der Waals surface area contributed by atoms with Crippen molar-refractivity contribution in [3.05, 3.63) is 23.8 Å². The fourth-order valence-electron chi connectivity index (χ4n) is 2.76. The summed E-state index contributed by atoms with van der Waals surface area (Å²) in [7, 11) is 0. The molecular formula is C15H26N4O. The number of rotatable bonds is 6. The summed E-state index contributed by atoms with van der Waals surface area (Å²) in [6.07, 6.45) is 7.07. The number of piperidine rings is 1. The highest BCUT2D eigenvalue weighted by molar-refractivity contribution is 5.12. The molecule has 1 aromatic rings. The van der Waals surface area contributed by atoms with Crippen molar-refractivity contribution in [3.8, 4) is 0 Å². The van der Waals surface area contributed by atoms with Crippen LogP contribution in [0.4, 0.5) is 0 Å². The Hall–Kier alpha value is -1.04. The van der Waals surface area contributed by atoms with Crippen molar-refractivity contribution in [2.75, 3.05) is 26.2 Å². The fourth-order valence-corrected chi connectivity index (χ4v) is 2.76. The molecule has 1 atom stereocenters. The lowest BCUT2D eigenvalue weighted by molar-refractivity contribution is -0.00121. The van der Waals surface area contributed by atoms with Crippen molar-refractivity contribution in [2.24, 2.45) is 5.73 Å². The van der Waals surface area contributed by atoms with E-state index in [2.05, 4.69) is 21.8 Å². The van der Waals surface area contributed by atoms with E-state index < -0.39 is 0 Å². The van der Waals surface area contributed by atoms with Gasteiger partial charge in [-0.1, -0.05) is 0 Å². The number of aryl methyl sites for hydroxylation is 1. The van der Waals surface area contributed by atoms with Gasteiger partial charge < -0.3 is 10.5 Å². The zero-order valence-electron chi connectivity index (χ0n) is 12.6. The molecule has 0 saturated carbocycles. The van der Waals surface area contributed by atoms with E-state index in [9.17, 15) is 0 Å². The average molecular weight is 278 g/mol. The van der Waals surface area contributed by atoms with E-state index in [1.807, 2.05) is 6.92 Å². The molecule has 1 saturated heterocycles. The second kappa shape index (κ2) is 7.67. The Morgan fingerprint density at radius 1 is 1.35 bits per heavy atom. The number of likely N-dealkylation sites (tertiary alicyclic amines) is 1. The molecule has 5 nitrogen and oxygen atoms in total. The Morgan fingerprint density at radius 2 is 2.05 bits per heavy atom. The predicted octanol–water partition coefficient (Wildman–Crippen LogP) is 1.68. The molecular weight excluding hydrogens is 252 g/mol. The zero-order chi connectivity index (χ0) is 14.4. The van der Waals surface area contributed by atoms with Gasteiger partial charge in [-0.3, -0.25) is 14.9 Å². The molecule has 0 spiro atoms. The summed E-state index contributed by atoms with van der Waals surface area (Å²) in [6, 6.07) is 0.327. The van der Waals surface area contributed by atoms with Crippen molar-refractivity contribution in [1.82, 2.24) is 14.9 Å². The number of hydrogen-bond donors (Lipinski definition) is 1. The summed E-state index contributed by atoms with van der Waals surface area (Å²) < 4.78 is 5.85. The highest BCUT2D eigenvalue weighted by Crippen LogP contribution is 2.25. The predicted molar refractivity (Wildman–Crippen MR) is 79.4 cm³/mol. The first kappa shape index (κ1) is 15.4. The van der Waals surface area contributed by atoms with E-state index in [-0.39, 0.29) is 0 Å². The third-order valence-electron chi connectivity index (χ3n) is 4.04. The number of aromatic nitrogens is 2. The van der Waals surface area contributed by atoms with Gasteiger partial charge in [0.05, 0.1) is 23.5 Å². The van der Waals surface area contributed by atoms with Crippen LogP contribution in [0.2, 0.25) is 0 Å². The SMILES string of the molecule is Cc1nccnc1C(C)N1CCC(OCCCN)CC1. The lowest BCUT2D eigenvalue weighted by Crippen LogP contribution is -2.39. The van der Waals surface area contributed by atoms with E-state index in [1.54, 1.807) is 12.4 Å². The van der Waals surface area contributed by atoms with Gasteiger partial charge in [-0.15, -0.1) is 0 Å². The van der Waals surface area contributed by atoms with Crippen LogP contribution in [-0.4, -0.2) is 47.2 Å². The van der Waals surface area contributed by atoms with Crippen LogP contribution in [0.5, 0.6) is 0 Å². The maximum atomic E-state index is 5.85. The number of hydrogen-bond acceptors (Lipinski definition) is 5. The van der Waals surface area contributed by atoms with Gasteiger partial charge in [0.15, 0.2) is 0 Å². The molecule has 2 heterocycles. The van der Waals surface area contributed by atoms with Gasteiger partial charge in [0.25, 0.3) is 0 Å². The van der Waals surface area contributed by atoms with Crippen molar-refractivity contribution in [1.29, 1.82) is 0 Å². The summed E-state index contributed by atoms with van der Waals surface area (Å²) in [5.74, 6) is 0. The highest BCUT2D eigenvalue weighted by atomic mass is 16.5. The van der Waals surface area contributed by atoms with Crippen LogP contribution in [0.3, 0.4) is 0 Å². The molecule has 2 N–H and O–H groups in total. The Kier molecular flexibility index (Phi) is 5.88. The molecule has 0 aliphatic carbocycles. The van der Waals surface area contributed by atoms with Gasteiger partial charge in [-0.25, -0.2) is 0 Å². The Morgan fingerprint density at radius 3 is 2.70 bits per heavy atom. The van der Waals surface area contributed by atoms with Crippen LogP contribution >= 0.6 is 0 Å². The molecule has 0 radical (unpaired) electrons. The molecule has 1 aliphatic rings. The molecule has 1 aliphatic heterocycles. The third kappa shape index (κ3) is 3.98. The standard InChI is InChI=1S/C15H26N4O/c1-12-15(18-8-7-17-12)13(2)19-9-4-14(5-10-19)20-11-3-6-16/h7-8,13-14H,3-6,9-11,16H2,1-2H3. The minimum atomic E-state index is 0.327. The number of nitrogens with zero attached hydrogens (tertiary/aromatic N) is 3. The third-order valence-corrected chi connectivity index (χ3v) is 4.04. The summed E-state index contributed by atoms with van der Waals surface area (Å²) in [6.45, 7) is 7.87. The largest absolute Gasteiger partial charge is 0.378 e. The normalized spacial score (nSPS) is 19.1. The molecule has 0 aromatic carbocycles. The molecule has 112 valence electrons. The van der Waals surface area contributed by atoms with Crippen molar-refractivity contribution in [2.45, 2.75) is 45.3 Å². The first-order valence-corrected chi connectivity index (χ1v) is 7.55. The minimum absolute atomic E-state index is 0.327. The summed E-state index contributed by atoms with van der Waals surface area (Å²) in [5.41, 5.74) is 7.60. The topological polar surface area (TPSA) is 64.3 Å².